The van der Waals surface area contributed by atoms with Crippen molar-refractivity contribution in [2.45, 2.75) is 12.8 Å². The van der Waals surface area contributed by atoms with Crippen molar-refractivity contribution < 1.29 is 14.3 Å². The minimum atomic E-state index is -0.374. The van der Waals surface area contributed by atoms with Crippen LogP contribution in [-0.4, -0.2) is 36.6 Å². The number of nitriles is 1. The van der Waals surface area contributed by atoms with Crippen LogP contribution in [0.25, 0.3) is 0 Å². The number of anilines is 1. The standard InChI is InChI=1S/C14H15N3O3/c15-10-11-4-1-2-5-12(11)16-13(18)6-8-17-7-3-9-20-14(17)19/h1-2,4-5H,3,6-9H2,(H,16,18). The fourth-order valence-electron chi connectivity index (χ4n) is 1.94. The molecule has 1 fully saturated rings. The topological polar surface area (TPSA) is 82.4 Å². The largest absolute Gasteiger partial charge is 0.449 e. The van der Waals surface area contributed by atoms with E-state index in [2.05, 4.69) is 5.32 Å². The minimum absolute atomic E-state index is 0.175. The van der Waals surface area contributed by atoms with Crippen LogP contribution in [0.3, 0.4) is 0 Å². The molecule has 6 heteroatoms. The molecule has 2 rings (SSSR count). The van der Waals surface area contributed by atoms with Crippen LogP contribution in [0.4, 0.5) is 10.5 Å². The Morgan fingerprint density at radius 1 is 1.45 bits per heavy atom. The van der Waals surface area contributed by atoms with E-state index in [1.807, 2.05) is 6.07 Å². The number of para-hydroxylation sites is 1. The molecule has 0 unspecified atom stereocenters. The molecule has 104 valence electrons. The Labute approximate surface area is 116 Å². The summed E-state index contributed by atoms with van der Waals surface area (Å²) >= 11 is 0. The molecule has 0 aliphatic carbocycles. The zero-order valence-corrected chi connectivity index (χ0v) is 11.0. The Morgan fingerprint density at radius 2 is 2.25 bits per heavy atom. The highest BCUT2D eigenvalue weighted by Gasteiger charge is 2.20. The number of ether oxygens (including phenoxy) is 1. The Balaban J connectivity index is 1.86. The van der Waals surface area contributed by atoms with E-state index < -0.39 is 0 Å². The molecule has 0 atom stereocenters. The lowest BCUT2D eigenvalue weighted by molar-refractivity contribution is -0.116. The Bertz CT molecular complexity index is 551. The summed E-state index contributed by atoms with van der Waals surface area (Å²) in [7, 11) is 0. The maximum Gasteiger partial charge on any atom is 0.409 e. The maximum absolute atomic E-state index is 11.8. The molecule has 0 saturated carbocycles. The molecule has 2 amide bonds. The molecular formula is C14H15N3O3. The van der Waals surface area contributed by atoms with Gasteiger partial charge in [-0.15, -0.1) is 0 Å². The van der Waals surface area contributed by atoms with Crippen molar-refractivity contribution >= 4 is 17.7 Å². The second kappa shape index (κ2) is 6.57. The molecule has 1 aliphatic heterocycles. The molecule has 20 heavy (non-hydrogen) atoms. The highest BCUT2D eigenvalue weighted by atomic mass is 16.6. The van der Waals surface area contributed by atoms with Gasteiger partial charge in [-0.3, -0.25) is 4.79 Å². The second-order valence-electron chi connectivity index (χ2n) is 4.41. The fraction of sp³-hybridized carbons (Fsp3) is 0.357. The summed E-state index contributed by atoms with van der Waals surface area (Å²) in [4.78, 5) is 24.7. The van der Waals surface area contributed by atoms with Crippen molar-refractivity contribution in [1.82, 2.24) is 4.90 Å². The summed E-state index contributed by atoms with van der Waals surface area (Å²) in [5.41, 5.74) is 0.902. The molecular weight excluding hydrogens is 258 g/mol. The molecule has 1 aromatic carbocycles. The van der Waals surface area contributed by atoms with Crippen LogP contribution in [0.1, 0.15) is 18.4 Å². The molecule has 0 spiro atoms. The lowest BCUT2D eigenvalue weighted by atomic mass is 10.2. The van der Waals surface area contributed by atoms with Gasteiger partial charge in [-0.25, -0.2) is 4.79 Å². The smallest absolute Gasteiger partial charge is 0.409 e. The van der Waals surface area contributed by atoms with E-state index in [9.17, 15) is 9.59 Å². The van der Waals surface area contributed by atoms with Gasteiger partial charge in [0.2, 0.25) is 5.91 Å². The summed E-state index contributed by atoms with van der Waals surface area (Å²) < 4.78 is 4.89. The molecule has 1 heterocycles. The van der Waals surface area contributed by atoms with Gasteiger partial charge in [-0.1, -0.05) is 12.1 Å². The van der Waals surface area contributed by atoms with Gasteiger partial charge < -0.3 is 15.0 Å². The number of carbonyl (C=O) groups is 2. The monoisotopic (exact) mass is 273 g/mol. The van der Waals surface area contributed by atoms with Crippen molar-refractivity contribution in [3.05, 3.63) is 29.8 Å². The van der Waals surface area contributed by atoms with E-state index >= 15 is 0 Å². The molecule has 0 aromatic heterocycles. The van der Waals surface area contributed by atoms with Crippen LogP contribution in [0.15, 0.2) is 24.3 Å². The van der Waals surface area contributed by atoms with E-state index in [-0.39, 0.29) is 18.4 Å². The van der Waals surface area contributed by atoms with Crippen molar-refractivity contribution in [2.24, 2.45) is 0 Å². The van der Waals surface area contributed by atoms with Crippen LogP contribution in [0, 0.1) is 11.3 Å². The summed E-state index contributed by atoms with van der Waals surface area (Å²) in [6.07, 6.45) is 0.584. The Hall–Kier alpha value is -2.55. The third-order valence-electron chi connectivity index (χ3n) is 2.99. The summed E-state index contributed by atoms with van der Waals surface area (Å²) in [5.74, 6) is -0.230. The first-order chi connectivity index (χ1) is 9.70. The quantitative estimate of drug-likeness (QED) is 0.905. The van der Waals surface area contributed by atoms with Gasteiger partial charge in [0.15, 0.2) is 0 Å². The second-order valence-corrected chi connectivity index (χ2v) is 4.41. The van der Waals surface area contributed by atoms with Gasteiger partial charge in [-0.2, -0.15) is 5.26 Å². The summed E-state index contributed by atoms with van der Waals surface area (Å²) in [5, 5.41) is 11.6. The average molecular weight is 273 g/mol. The van der Waals surface area contributed by atoms with Gasteiger partial charge in [0, 0.05) is 19.5 Å². The number of hydrogen-bond acceptors (Lipinski definition) is 4. The predicted octanol–water partition coefficient (Wildman–Crippen LogP) is 1.73. The third kappa shape index (κ3) is 3.48. The van der Waals surface area contributed by atoms with E-state index in [0.29, 0.717) is 30.9 Å². The fourth-order valence-corrected chi connectivity index (χ4v) is 1.94. The van der Waals surface area contributed by atoms with Gasteiger partial charge in [-0.05, 0) is 18.6 Å². The van der Waals surface area contributed by atoms with Gasteiger partial charge >= 0.3 is 6.09 Å². The van der Waals surface area contributed by atoms with Crippen LogP contribution >= 0.6 is 0 Å². The van der Waals surface area contributed by atoms with Crippen molar-refractivity contribution in [3.8, 4) is 6.07 Å². The minimum Gasteiger partial charge on any atom is -0.449 e. The highest BCUT2D eigenvalue weighted by molar-refractivity contribution is 5.92. The summed E-state index contributed by atoms with van der Waals surface area (Å²) in [6, 6.07) is 8.81. The zero-order valence-electron chi connectivity index (χ0n) is 11.0. The lowest BCUT2D eigenvalue weighted by Gasteiger charge is -2.25. The first-order valence-electron chi connectivity index (χ1n) is 6.41. The first-order valence-corrected chi connectivity index (χ1v) is 6.41. The number of nitrogens with zero attached hydrogens (tertiary/aromatic N) is 2. The third-order valence-corrected chi connectivity index (χ3v) is 2.99. The zero-order chi connectivity index (χ0) is 14.4. The highest BCUT2D eigenvalue weighted by Crippen LogP contribution is 2.14. The first kappa shape index (κ1) is 13.9. The van der Waals surface area contributed by atoms with E-state index in [1.165, 1.54) is 4.90 Å². The molecule has 1 N–H and O–H groups in total. The lowest BCUT2D eigenvalue weighted by Crippen LogP contribution is -2.39. The van der Waals surface area contributed by atoms with Crippen LogP contribution in [0.2, 0.25) is 0 Å². The van der Waals surface area contributed by atoms with E-state index in [0.717, 1.165) is 6.42 Å². The van der Waals surface area contributed by atoms with Crippen LogP contribution in [0.5, 0.6) is 0 Å². The normalized spacial score (nSPS) is 14.3. The van der Waals surface area contributed by atoms with Crippen LogP contribution in [-0.2, 0) is 9.53 Å². The Kier molecular flexibility index (Phi) is 4.56. The number of rotatable bonds is 4. The number of amides is 2. The SMILES string of the molecule is N#Cc1ccccc1NC(=O)CCN1CCCOC1=O. The molecule has 6 nitrogen and oxygen atoms in total. The number of nitrogens with one attached hydrogen (secondary N) is 1. The van der Waals surface area contributed by atoms with E-state index in [1.54, 1.807) is 24.3 Å². The van der Waals surface area contributed by atoms with Crippen molar-refractivity contribution in [3.63, 3.8) is 0 Å². The molecule has 0 bridgehead atoms. The number of cyclic esters (lactones) is 1. The molecule has 1 aromatic rings. The molecule has 1 saturated heterocycles. The maximum atomic E-state index is 11.8. The predicted molar refractivity (Wildman–Crippen MR) is 71.9 cm³/mol. The van der Waals surface area contributed by atoms with Crippen LogP contribution < -0.4 is 5.32 Å². The van der Waals surface area contributed by atoms with Gasteiger partial charge in [0.1, 0.15) is 6.07 Å². The van der Waals surface area contributed by atoms with Gasteiger partial charge in [0.25, 0.3) is 0 Å². The Morgan fingerprint density at radius 3 is 3.00 bits per heavy atom. The van der Waals surface area contributed by atoms with Crippen molar-refractivity contribution in [2.75, 3.05) is 25.0 Å². The van der Waals surface area contributed by atoms with Crippen molar-refractivity contribution in [1.29, 1.82) is 5.26 Å². The molecule has 0 radical (unpaired) electrons. The molecule has 1 aliphatic rings. The average Bonchev–Trinajstić information content (AvgIpc) is 2.47. The number of carbonyl (C=O) groups excluding carboxylic acids is 2. The van der Waals surface area contributed by atoms with Gasteiger partial charge in [0.05, 0.1) is 17.9 Å². The number of benzene rings is 1. The van der Waals surface area contributed by atoms with E-state index in [4.69, 9.17) is 10.00 Å². The summed E-state index contributed by atoms with van der Waals surface area (Å²) in [6.45, 7) is 1.37. The number of hydrogen-bond donors (Lipinski definition) is 1.